The number of halogens is 1. The molecule has 0 aliphatic rings. The van der Waals surface area contributed by atoms with Gasteiger partial charge in [0, 0.05) is 0 Å². The summed E-state index contributed by atoms with van der Waals surface area (Å²) in [6, 6.07) is 18.4. The van der Waals surface area contributed by atoms with Crippen molar-refractivity contribution < 1.29 is 8.42 Å². The van der Waals surface area contributed by atoms with Gasteiger partial charge in [0.1, 0.15) is 5.21 Å². The van der Waals surface area contributed by atoms with Crippen LogP contribution in [0.4, 0.5) is 0 Å². The molecule has 0 bridgehead atoms. The van der Waals surface area contributed by atoms with E-state index in [0.29, 0.717) is 0 Å². The fourth-order valence-corrected chi connectivity index (χ4v) is 2.71. The molecule has 1 N–H and O–H groups in total. The highest BCUT2D eigenvalue weighted by Gasteiger charge is 2.19. The van der Waals surface area contributed by atoms with Gasteiger partial charge < -0.3 is 0 Å². The highest BCUT2D eigenvalue weighted by Crippen LogP contribution is 2.22. The summed E-state index contributed by atoms with van der Waals surface area (Å²) in [4.78, 5) is 0. The second kappa shape index (κ2) is 6.19. The molecule has 0 heterocycles. The molecule has 100 valence electrons. The summed E-state index contributed by atoms with van der Waals surface area (Å²) in [5, 5.41) is -0.455. The van der Waals surface area contributed by atoms with Gasteiger partial charge in [0.2, 0.25) is 10.0 Å². The Morgan fingerprint density at radius 2 is 1.32 bits per heavy atom. The molecule has 0 aromatic heterocycles. The van der Waals surface area contributed by atoms with Crippen LogP contribution in [0, 0.1) is 0 Å². The summed E-state index contributed by atoms with van der Waals surface area (Å²) in [6.07, 6.45) is 0. The second-order valence-corrected chi connectivity index (χ2v) is 6.43. The molecule has 0 aliphatic heterocycles. The van der Waals surface area contributed by atoms with Gasteiger partial charge >= 0.3 is 0 Å². The van der Waals surface area contributed by atoms with E-state index in [1.807, 2.05) is 60.7 Å². The zero-order valence-electron chi connectivity index (χ0n) is 10.2. The van der Waals surface area contributed by atoms with Gasteiger partial charge in [-0.05, 0) is 11.1 Å². The molecule has 0 spiro atoms. The Bertz CT molecular complexity index is 575. The first-order valence-corrected chi connectivity index (χ1v) is 7.97. The SMILES string of the molecule is O=S(=O)(CCl)NC(c1ccccc1)c1ccccc1. The minimum Gasteiger partial charge on any atom is -0.211 e. The molecule has 2 rings (SSSR count). The van der Waals surface area contributed by atoms with Gasteiger partial charge in [-0.2, -0.15) is 0 Å². The van der Waals surface area contributed by atoms with Crippen molar-refractivity contribution in [1.29, 1.82) is 0 Å². The van der Waals surface area contributed by atoms with E-state index in [1.165, 1.54) is 0 Å². The van der Waals surface area contributed by atoms with Gasteiger partial charge in [-0.25, -0.2) is 13.1 Å². The van der Waals surface area contributed by atoms with E-state index in [0.717, 1.165) is 11.1 Å². The lowest BCUT2D eigenvalue weighted by atomic mass is 10.00. The molecule has 0 saturated carbocycles. The van der Waals surface area contributed by atoms with E-state index >= 15 is 0 Å². The number of alkyl halides is 1. The monoisotopic (exact) mass is 295 g/mol. The minimum absolute atomic E-state index is 0.425. The van der Waals surface area contributed by atoms with E-state index in [4.69, 9.17) is 11.6 Å². The number of rotatable bonds is 5. The summed E-state index contributed by atoms with van der Waals surface area (Å²) in [5.41, 5.74) is 1.75. The standard InChI is InChI=1S/C14H14ClNO2S/c15-11-19(17,18)16-14(12-7-3-1-4-8-12)13-9-5-2-6-10-13/h1-10,14,16H,11H2. The Balaban J connectivity index is 2.40. The van der Waals surface area contributed by atoms with Crippen molar-refractivity contribution in [3.05, 3.63) is 71.8 Å². The van der Waals surface area contributed by atoms with E-state index in [1.54, 1.807) is 0 Å². The molecule has 2 aromatic rings. The fourth-order valence-electron chi connectivity index (χ4n) is 1.83. The molecular formula is C14H14ClNO2S. The molecule has 5 heteroatoms. The van der Waals surface area contributed by atoms with E-state index < -0.39 is 21.3 Å². The quantitative estimate of drug-likeness (QED) is 0.862. The van der Waals surface area contributed by atoms with Gasteiger partial charge in [0.15, 0.2) is 0 Å². The third-order valence-electron chi connectivity index (χ3n) is 2.71. The third kappa shape index (κ3) is 3.80. The second-order valence-electron chi connectivity index (χ2n) is 4.10. The van der Waals surface area contributed by atoms with Gasteiger partial charge in [-0.3, -0.25) is 0 Å². The molecule has 0 saturated heterocycles. The van der Waals surface area contributed by atoms with Crippen LogP contribution in [0.3, 0.4) is 0 Å². The highest BCUT2D eigenvalue weighted by atomic mass is 35.5. The minimum atomic E-state index is -3.50. The predicted octanol–water partition coefficient (Wildman–Crippen LogP) is 2.89. The molecule has 0 atom stereocenters. The zero-order chi connectivity index (χ0) is 13.7. The fraction of sp³-hybridized carbons (Fsp3) is 0.143. The van der Waals surface area contributed by atoms with Crippen molar-refractivity contribution in [1.82, 2.24) is 4.72 Å². The van der Waals surface area contributed by atoms with Crippen LogP contribution in [0.25, 0.3) is 0 Å². The van der Waals surface area contributed by atoms with Gasteiger partial charge in [-0.15, -0.1) is 11.6 Å². The number of hydrogen-bond donors (Lipinski definition) is 1. The van der Waals surface area contributed by atoms with Crippen LogP contribution in [0.2, 0.25) is 0 Å². The van der Waals surface area contributed by atoms with Crippen LogP contribution in [-0.2, 0) is 10.0 Å². The molecule has 3 nitrogen and oxygen atoms in total. The average Bonchev–Trinajstić information content (AvgIpc) is 2.47. The van der Waals surface area contributed by atoms with Crippen LogP contribution in [0.1, 0.15) is 17.2 Å². The lowest BCUT2D eigenvalue weighted by Gasteiger charge is -2.19. The van der Waals surface area contributed by atoms with Crippen molar-refractivity contribution in [2.24, 2.45) is 0 Å². The van der Waals surface area contributed by atoms with Crippen molar-refractivity contribution in [3.8, 4) is 0 Å². The molecule has 0 radical (unpaired) electrons. The number of nitrogens with one attached hydrogen (secondary N) is 1. The van der Waals surface area contributed by atoms with Crippen molar-refractivity contribution in [2.75, 3.05) is 5.21 Å². The van der Waals surface area contributed by atoms with E-state index in [9.17, 15) is 8.42 Å². The zero-order valence-corrected chi connectivity index (χ0v) is 11.7. The Morgan fingerprint density at radius 3 is 1.68 bits per heavy atom. The van der Waals surface area contributed by atoms with Crippen molar-refractivity contribution >= 4 is 21.6 Å². The summed E-state index contributed by atoms with van der Waals surface area (Å²) in [6.45, 7) is 0. The topological polar surface area (TPSA) is 46.2 Å². The van der Waals surface area contributed by atoms with Gasteiger partial charge in [0.25, 0.3) is 0 Å². The Morgan fingerprint density at radius 1 is 0.895 bits per heavy atom. The largest absolute Gasteiger partial charge is 0.226 e. The smallest absolute Gasteiger partial charge is 0.211 e. The first kappa shape index (κ1) is 14.1. The molecule has 0 aliphatic carbocycles. The molecule has 19 heavy (non-hydrogen) atoms. The number of sulfonamides is 1. The van der Waals surface area contributed by atoms with E-state index in [-0.39, 0.29) is 0 Å². The number of benzene rings is 2. The van der Waals surface area contributed by atoms with Crippen molar-refractivity contribution in [3.63, 3.8) is 0 Å². The summed E-state index contributed by atoms with van der Waals surface area (Å²) in [7, 11) is -3.50. The van der Waals surface area contributed by atoms with Crippen LogP contribution in [0.5, 0.6) is 0 Å². The first-order chi connectivity index (χ1) is 9.12. The maximum absolute atomic E-state index is 11.7. The summed E-state index contributed by atoms with van der Waals surface area (Å²) < 4.78 is 26.0. The predicted molar refractivity (Wildman–Crippen MR) is 77.5 cm³/mol. The molecule has 2 aromatic carbocycles. The Hall–Kier alpha value is -1.36. The first-order valence-electron chi connectivity index (χ1n) is 5.78. The van der Waals surface area contributed by atoms with Gasteiger partial charge in [-0.1, -0.05) is 60.7 Å². The molecule has 0 amide bonds. The summed E-state index contributed by atoms with van der Waals surface area (Å²) >= 11 is 5.46. The third-order valence-corrected chi connectivity index (χ3v) is 4.45. The molecule has 0 unspecified atom stereocenters. The lowest BCUT2D eigenvalue weighted by molar-refractivity contribution is 0.577. The maximum atomic E-state index is 11.7. The maximum Gasteiger partial charge on any atom is 0.226 e. The molecular weight excluding hydrogens is 282 g/mol. The van der Waals surface area contributed by atoms with E-state index in [2.05, 4.69) is 4.72 Å². The molecule has 0 fully saturated rings. The number of hydrogen-bond acceptors (Lipinski definition) is 2. The normalized spacial score (nSPS) is 11.7. The lowest BCUT2D eigenvalue weighted by Crippen LogP contribution is -2.30. The van der Waals surface area contributed by atoms with Crippen molar-refractivity contribution in [2.45, 2.75) is 6.04 Å². The average molecular weight is 296 g/mol. The van der Waals surface area contributed by atoms with Crippen LogP contribution in [-0.4, -0.2) is 13.6 Å². The summed E-state index contributed by atoms with van der Waals surface area (Å²) in [5.74, 6) is 0. The van der Waals surface area contributed by atoms with Crippen LogP contribution < -0.4 is 4.72 Å². The van der Waals surface area contributed by atoms with Crippen LogP contribution in [0.15, 0.2) is 60.7 Å². The highest BCUT2D eigenvalue weighted by molar-refractivity contribution is 7.90. The van der Waals surface area contributed by atoms with Gasteiger partial charge in [0.05, 0.1) is 6.04 Å². The van der Waals surface area contributed by atoms with Crippen LogP contribution >= 0.6 is 11.6 Å². The Labute approximate surface area is 118 Å². The Kier molecular flexibility index (Phi) is 4.58.